The highest BCUT2D eigenvalue weighted by atomic mass is 16.5. The van der Waals surface area contributed by atoms with Crippen molar-refractivity contribution >= 4 is 17.8 Å². The zero-order valence-electron chi connectivity index (χ0n) is 16.1. The minimum atomic E-state index is -0.142. The molecule has 0 radical (unpaired) electrons. The first-order valence-electron chi connectivity index (χ1n) is 9.61. The smallest absolute Gasteiger partial charge is 0.258 e. The summed E-state index contributed by atoms with van der Waals surface area (Å²) >= 11 is 0. The lowest BCUT2D eigenvalue weighted by Crippen LogP contribution is -2.35. The predicted octanol–water partition coefficient (Wildman–Crippen LogP) is 3.51. The van der Waals surface area contributed by atoms with Gasteiger partial charge in [-0.25, -0.2) is 0 Å². The lowest BCUT2D eigenvalue weighted by Gasteiger charge is -2.11. The number of rotatable bonds is 9. The number of nitrogens with one attached hydrogen (secondary N) is 1. The van der Waals surface area contributed by atoms with Gasteiger partial charge in [0.2, 0.25) is 0 Å². The molecule has 2 aromatic rings. The Morgan fingerprint density at radius 1 is 1.14 bits per heavy atom. The van der Waals surface area contributed by atoms with Gasteiger partial charge in [-0.05, 0) is 73.9 Å². The van der Waals surface area contributed by atoms with Gasteiger partial charge in [0.25, 0.3) is 5.91 Å². The van der Waals surface area contributed by atoms with Gasteiger partial charge in [-0.3, -0.25) is 9.79 Å². The number of amides is 1. The van der Waals surface area contributed by atoms with E-state index in [1.54, 1.807) is 6.21 Å². The molecule has 28 heavy (non-hydrogen) atoms. The van der Waals surface area contributed by atoms with E-state index in [4.69, 9.17) is 14.2 Å². The molecule has 1 heterocycles. The molecule has 148 valence electrons. The molecule has 0 bridgehead atoms. The number of benzene rings is 2. The predicted molar refractivity (Wildman–Crippen MR) is 109 cm³/mol. The molecule has 3 rings (SSSR count). The van der Waals surface area contributed by atoms with Crippen LogP contribution in [-0.2, 0) is 9.53 Å². The van der Waals surface area contributed by atoms with Crippen LogP contribution in [0.25, 0.3) is 0 Å². The molecular weight excluding hydrogens is 356 g/mol. The Labute approximate surface area is 165 Å². The number of hydrogen-bond acceptors (Lipinski definition) is 5. The van der Waals surface area contributed by atoms with Gasteiger partial charge in [0.1, 0.15) is 11.5 Å². The second-order valence-electron chi connectivity index (χ2n) is 6.48. The molecule has 1 atom stereocenters. The van der Waals surface area contributed by atoms with Gasteiger partial charge in [-0.2, -0.15) is 0 Å². The monoisotopic (exact) mass is 382 g/mol. The number of hydrogen-bond donors (Lipinski definition) is 1. The number of carbonyl (C=O) groups excluding carboxylic acids is 1. The zero-order valence-corrected chi connectivity index (χ0v) is 16.1. The van der Waals surface area contributed by atoms with Crippen LogP contribution in [0, 0.1) is 0 Å². The van der Waals surface area contributed by atoms with Crippen LogP contribution >= 0.6 is 0 Å². The summed E-state index contributed by atoms with van der Waals surface area (Å²) in [6, 6.07) is 15.1. The third kappa shape index (κ3) is 6.39. The fraction of sp³-hybridized carbons (Fsp3) is 0.364. The average molecular weight is 382 g/mol. The lowest BCUT2D eigenvalue weighted by molar-refractivity contribution is -0.123. The largest absolute Gasteiger partial charge is 0.494 e. The van der Waals surface area contributed by atoms with Gasteiger partial charge < -0.3 is 19.5 Å². The first-order chi connectivity index (χ1) is 13.7. The van der Waals surface area contributed by atoms with Crippen molar-refractivity contribution in [3.8, 4) is 11.5 Å². The van der Waals surface area contributed by atoms with Crippen molar-refractivity contribution in [2.75, 3.05) is 26.4 Å². The maximum Gasteiger partial charge on any atom is 0.258 e. The molecule has 1 N–H and O–H groups in total. The van der Waals surface area contributed by atoms with Crippen molar-refractivity contribution in [3.05, 3.63) is 54.1 Å². The minimum Gasteiger partial charge on any atom is -0.494 e. The SMILES string of the molecule is CCOc1ccc(N=Cc2ccc(OCC(=O)NC[C@@H]3CCCO3)cc2)cc1. The van der Waals surface area contributed by atoms with Crippen molar-refractivity contribution in [2.45, 2.75) is 25.9 Å². The van der Waals surface area contributed by atoms with Gasteiger partial charge in [0.05, 0.1) is 18.4 Å². The van der Waals surface area contributed by atoms with Crippen LogP contribution in [0.3, 0.4) is 0 Å². The molecule has 1 fully saturated rings. The minimum absolute atomic E-state index is 0.00760. The summed E-state index contributed by atoms with van der Waals surface area (Å²) in [7, 11) is 0. The van der Waals surface area contributed by atoms with Gasteiger partial charge >= 0.3 is 0 Å². The van der Waals surface area contributed by atoms with E-state index in [2.05, 4.69) is 10.3 Å². The van der Waals surface area contributed by atoms with E-state index >= 15 is 0 Å². The third-order valence-electron chi connectivity index (χ3n) is 4.31. The molecule has 1 aliphatic rings. The highest BCUT2D eigenvalue weighted by Crippen LogP contribution is 2.18. The van der Waals surface area contributed by atoms with Crippen LogP contribution in [0.4, 0.5) is 5.69 Å². The van der Waals surface area contributed by atoms with Gasteiger partial charge in [0.15, 0.2) is 6.61 Å². The summed E-state index contributed by atoms with van der Waals surface area (Å²) < 4.78 is 16.4. The van der Waals surface area contributed by atoms with E-state index in [1.807, 2.05) is 55.5 Å². The normalized spacial score (nSPS) is 16.2. The fourth-order valence-electron chi connectivity index (χ4n) is 2.83. The van der Waals surface area contributed by atoms with Crippen molar-refractivity contribution < 1.29 is 19.0 Å². The van der Waals surface area contributed by atoms with E-state index in [0.717, 1.165) is 36.4 Å². The number of carbonyl (C=O) groups is 1. The summed E-state index contributed by atoms with van der Waals surface area (Å²) in [5.41, 5.74) is 1.80. The number of nitrogens with zero attached hydrogens (tertiary/aromatic N) is 1. The maximum atomic E-state index is 11.8. The third-order valence-corrected chi connectivity index (χ3v) is 4.31. The molecule has 2 aromatic carbocycles. The quantitative estimate of drug-likeness (QED) is 0.674. The van der Waals surface area contributed by atoms with Crippen LogP contribution in [0.1, 0.15) is 25.3 Å². The number of ether oxygens (including phenoxy) is 3. The van der Waals surface area contributed by atoms with Crippen LogP contribution in [0.2, 0.25) is 0 Å². The van der Waals surface area contributed by atoms with E-state index in [0.29, 0.717) is 18.9 Å². The Kier molecular flexibility index (Phi) is 7.44. The van der Waals surface area contributed by atoms with Crippen molar-refractivity contribution in [1.29, 1.82) is 0 Å². The Morgan fingerprint density at radius 3 is 2.54 bits per heavy atom. The Hall–Kier alpha value is -2.86. The summed E-state index contributed by atoms with van der Waals surface area (Å²) in [6.07, 6.45) is 3.98. The standard InChI is InChI=1S/C22H26N2O4/c1-2-26-19-11-7-18(8-12-19)23-14-17-5-9-20(10-6-17)28-16-22(25)24-15-21-4-3-13-27-21/h5-12,14,21H,2-4,13,15-16H2,1H3,(H,24,25)/t21-/m0/s1. The summed E-state index contributed by atoms with van der Waals surface area (Å²) in [5.74, 6) is 1.34. The van der Waals surface area contributed by atoms with Gasteiger partial charge in [-0.1, -0.05) is 0 Å². The molecule has 1 saturated heterocycles. The molecule has 1 amide bonds. The second-order valence-corrected chi connectivity index (χ2v) is 6.48. The lowest BCUT2D eigenvalue weighted by atomic mass is 10.2. The second kappa shape index (κ2) is 10.5. The van der Waals surface area contributed by atoms with Crippen LogP contribution in [-0.4, -0.2) is 44.6 Å². The first-order valence-corrected chi connectivity index (χ1v) is 9.61. The van der Waals surface area contributed by atoms with E-state index < -0.39 is 0 Å². The molecule has 1 aliphatic heterocycles. The molecule has 0 aromatic heterocycles. The average Bonchev–Trinajstić information content (AvgIpc) is 3.25. The van der Waals surface area contributed by atoms with Crippen LogP contribution in [0.15, 0.2) is 53.5 Å². The maximum absolute atomic E-state index is 11.8. The first kappa shape index (κ1) is 19.9. The summed E-state index contributed by atoms with van der Waals surface area (Å²) in [6.45, 7) is 3.92. The van der Waals surface area contributed by atoms with E-state index in [1.165, 1.54) is 0 Å². The fourth-order valence-corrected chi connectivity index (χ4v) is 2.83. The van der Waals surface area contributed by atoms with Crippen molar-refractivity contribution in [2.24, 2.45) is 4.99 Å². The van der Waals surface area contributed by atoms with E-state index in [-0.39, 0.29) is 18.6 Å². The van der Waals surface area contributed by atoms with Crippen molar-refractivity contribution in [1.82, 2.24) is 5.32 Å². The highest BCUT2D eigenvalue weighted by molar-refractivity contribution is 5.82. The molecule has 6 nitrogen and oxygen atoms in total. The summed E-state index contributed by atoms with van der Waals surface area (Å²) in [5, 5.41) is 2.84. The number of aliphatic imine (C=N–C) groups is 1. The Bertz CT molecular complexity index is 766. The topological polar surface area (TPSA) is 69.2 Å². The molecule has 0 spiro atoms. The Morgan fingerprint density at radius 2 is 1.86 bits per heavy atom. The van der Waals surface area contributed by atoms with Gasteiger partial charge in [-0.15, -0.1) is 0 Å². The van der Waals surface area contributed by atoms with Crippen molar-refractivity contribution in [3.63, 3.8) is 0 Å². The highest BCUT2D eigenvalue weighted by Gasteiger charge is 2.16. The molecule has 0 unspecified atom stereocenters. The molecule has 6 heteroatoms. The van der Waals surface area contributed by atoms with E-state index in [9.17, 15) is 4.79 Å². The summed E-state index contributed by atoms with van der Waals surface area (Å²) in [4.78, 5) is 16.3. The molecule has 0 aliphatic carbocycles. The van der Waals surface area contributed by atoms with Gasteiger partial charge in [0, 0.05) is 19.4 Å². The molecule has 0 saturated carbocycles. The van der Waals surface area contributed by atoms with Crippen LogP contribution in [0.5, 0.6) is 11.5 Å². The molecular formula is C22H26N2O4. The zero-order chi connectivity index (χ0) is 19.6. The van der Waals surface area contributed by atoms with Crippen LogP contribution < -0.4 is 14.8 Å². The Balaban J connectivity index is 1.43.